The summed E-state index contributed by atoms with van der Waals surface area (Å²) in [6.07, 6.45) is -0.600. The zero-order chi connectivity index (χ0) is 22.5. The lowest BCUT2D eigenvalue weighted by Gasteiger charge is -2.27. The van der Waals surface area contributed by atoms with Gasteiger partial charge in [0.1, 0.15) is 10.3 Å². The van der Waals surface area contributed by atoms with E-state index < -0.39 is 11.7 Å². The summed E-state index contributed by atoms with van der Waals surface area (Å²) < 4.78 is 9.46. The number of thiophene rings is 1. The first-order valence-corrected chi connectivity index (χ1v) is 11.1. The van der Waals surface area contributed by atoms with E-state index in [1.165, 1.54) is 15.9 Å². The number of aromatic nitrogens is 4. The molecule has 2 atom stereocenters. The number of rotatable bonds is 5. The van der Waals surface area contributed by atoms with Gasteiger partial charge < -0.3 is 9.84 Å². The number of hydrogen-bond donors (Lipinski definition) is 1. The van der Waals surface area contributed by atoms with Crippen LogP contribution in [0.25, 0.3) is 16.0 Å². The number of ether oxygens (including phenoxy) is 1. The van der Waals surface area contributed by atoms with Gasteiger partial charge in [-0.2, -0.15) is 0 Å². The second kappa shape index (κ2) is 7.97. The lowest BCUT2D eigenvalue weighted by Crippen LogP contribution is -2.44. The molecule has 1 aliphatic rings. The number of aliphatic hydroxyl groups excluding tert-OH is 1. The highest BCUT2D eigenvalue weighted by Crippen LogP contribution is 2.22. The highest BCUT2D eigenvalue weighted by atomic mass is 32.1. The molecule has 1 unspecified atom stereocenters. The fraction of sp³-hybridized carbons (Fsp3) is 0.600. The van der Waals surface area contributed by atoms with Crippen LogP contribution in [0.4, 0.5) is 0 Å². The van der Waals surface area contributed by atoms with Crippen LogP contribution in [0.2, 0.25) is 0 Å². The number of β-amino-alcohol motifs (C(OH)–C–C–N with tert-alkyl or cyclic N) is 1. The molecule has 0 spiro atoms. The Bertz CT molecular complexity index is 1180. The predicted molar refractivity (Wildman–Crippen MR) is 117 cm³/mol. The molecule has 31 heavy (non-hydrogen) atoms. The molecular weight excluding hydrogens is 420 g/mol. The minimum absolute atomic E-state index is 0.0862. The third kappa shape index (κ3) is 4.22. The lowest BCUT2D eigenvalue weighted by molar-refractivity contribution is -0.156. The smallest absolute Gasteiger partial charge is 0.320 e. The normalized spacial score (nSPS) is 20.4. The first-order valence-electron chi connectivity index (χ1n) is 10.2. The topological polar surface area (TPSA) is 105 Å². The molecule has 1 saturated heterocycles. The molecule has 4 heterocycles. The standard InChI is InChI=1S/C20H28N6O4S/c1-20(2,3)30-16(28)11-23(4)13-8-25(9-14(13)27)10-15-21-22-19-24(5)18(29)17-12(26(15)19)6-7-31-17/h6-7,13-14,27H,8-11H2,1-5H3/t13?,14-/m1/s1. The van der Waals surface area contributed by atoms with Gasteiger partial charge in [-0.05, 0) is 39.3 Å². The third-order valence-electron chi connectivity index (χ3n) is 5.46. The Labute approximate surface area is 183 Å². The molecule has 168 valence electrons. The summed E-state index contributed by atoms with van der Waals surface area (Å²) in [5.41, 5.74) is 0.165. The van der Waals surface area contributed by atoms with Crippen molar-refractivity contribution in [1.29, 1.82) is 0 Å². The van der Waals surface area contributed by atoms with Crippen LogP contribution in [0.3, 0.4) is 0 Å². The van der Waals surface area contributed by atoms with Crippen molar-refractivity contribution in [1.82, 2.24) is 29.0 Å². The van der Waals surface area contributed by atoms with Gasteiger partial charge in [0.25, 0.3) is 5.56 Å². The molecule has 0 saturated carbocycles. The maximum absolute atomic E-state index is 12.5. The number of fused-ring (bicyclic) bond motifs is 3. The van der Waals surface area contributed by atoms with Crippen molar-refractivity contribution >= 4 is 33.3 Å². The van der Waals surface area contributed by atoms with E-state index >= 15 is 0 Å². The van der Waals surface area contributed by atoms with Gasteiger partial charge in [-0.25, -0.2) is 0 Å². The minimum atomic E-state index is -0.600. The third-order valence-corrected chi connectivity index (χ3v) is 6.35. The van der Waals surface area contributed by atoms with Gasteiger partial charge in [0.05, 0.1) is 24.7 Å². The van der Waals surface area contributed by atoms with Gasteiger partial charge >= 0.3 is 5.97 Å². The zero-order valence-electron chi connectivity index (χ0n) is 18.4. The lowest BCUT2D eigenvalue weighted by atomic mass is 10.2. The molecule has 3 aromatic heterocycles. The minimum Gasteiger partial charge on any atom is -0.459 e. The maximum atomic E-state index is 12.5. The first-order chi connectivity index (χ1) is 14.5. The van der Waals surface area contributed by atoms with Gasteiger partial charge in [-0.3, -0.25) is 28.4 Å². The summed E-state index contributed by atoms with van der Waals surface area (Å²) in [6, 6.07) is 1.70. The number of aliphatic hydroxyl groups is 1. The van der Waals surface area contributed by atoms with Crippen molar-refractivity contribution in [3.05, 3.63) is 27.6 Å². The number of likely N-dealkylation sites (N-methyl/N-ethyl adjacent to an activating group) is 1. The van der Waals surface area contributed by atoms with Crippen molar-refractivity contribution in [2.45, 2.75) is 45.1 Å². The number of nitrogens with zero attached hydrogens (tertiary/aromatic N) is 6. The van der Waals surface area contributed by atoms with E-state index in [-0.39, 0.29) is 24.1 Å². The summed E-state index contributed by atoms with van der Waals surface area (Å²) in [5.74, 6) is 0.880. The van der Waals surface area contributed by atoms with Crippen LogP contribution < -0.4 is 5.56 Å². The van der Waals surface area contributed by atoms with Crippen molar-refractivity contribution in [3.63, 3.8) is 0 Å². The molecule has 0 amide bonds. The largest absolute Gasteiger partial charge is 0.459 e. The van der Waals surface area contributed by atoms with E-state index in [2.05, 4.69) is 15.1 Å². The molecule has 1 aliphatic heterocycles. The second-order valence-electron chi connectivity index (χ2n) is 9.08. The van der Waals surface area contributed by atoms with Crippen molar-refractivity contribution < 1.29 is 14.6 Å². The number of likely N-dealkylation sites (tertiary alicyclic amines) is 1. The fourth-order valence-electron chi connectivity index (χ4n) is 4.06. The fourth-order valence-corrected chi connectivity index (χ4v) is 4.91. The average Bonchev–Trinajstić information content (AvgIpc) is 3.36. The Morgan fingerprint density at radius 1 is 1.35 bits per heavy atom. The van der Waals surface area contributed by atoms with Crippen LogP contribution in [0, 0.1) is 0 Å². The monoisotopic (exact) mass is 448 g/mol. The first kappa shape index (κ1) is 21.9. The Morgan fingerprint density at radius 3 is 2.81 bits per heavy atom. The van der Waals surface area contributed by atoms with Gasteiger partial charge in [0, 0.05) is 26.2 Å². The Hall–Kier alpha value is -2.34. The van der Waals surface area contributed by atoms with Crippen LogP contribution in [-0.4, -0.2) is 84.5 Å². The molecule has 1 fully saturated rings. The molecule has 11 heteroatoms. The quantitative estimate of drug-likeness (QED) is 0.562. The SMILES string of the molecule is CN(CC(=O)OC(C)(C)C)C1CN(Cc2nnc3n(C)c(=O)c4sccc4n23)C[C@H]1O. The molecule has 0 bridgehead atoms. The zero-order valence-corrected chi connectivity index (χ0v) is 19.2. The van der Waals surface area contributed by atoms with Gasteiger partial charge in [0.2, 0.25) is 5.78 Å². The second-order valence-corrected chi connectivity index (χ2v) is 10.00. The Balaban J connectivity index is 1.51. The molecule has 4 rings (SSSR count). The maximum Gasteiger partial charge on any atom is 0.320 e. The van der Waals surface area contributed by atoms with Gasteiger partial charge in [0.15, 0.2) is 5.82 Å². The van der Waals surface area contributed by atoms with Crippen molar-refractivity contribution in [2.75, 3.05) is 26.7 Å². The van der Waals surface area contributed by atoms with Crippen LogP contribution >= 0.6 is 11.3 Å². The molecule has 0 aromatic carbocycles. The van der Waals surface area contributed by atoms with E-state index in [1.807, 2.05) is 48.6 Å². The van der Waals surface area contributed by atoms with E-state index in [9.17, 15) is 14.7 Å². The molecular formula is C20H28N6O4S. The average molecular weight is 449 g/mol. The summed E-state index contributed by atoms with van der Waals surface area (Å²) in [7, 11) is 3.51. The summed E-state index contributed by atoms with van der Waals surface area (Å²) in [4.78, 5) is 28.6. The number of esters is 1. The van der Waals surface area contributed by atoms with E-state index in [1.54, 1.807) is 7.05 Å². The van der Waals surface area contributed by atoms with Crippen LogP contribution in [-0.2, 0) is 23.1 Å². The van der Waals surface area contributed by atoms with Crippen LogP contribution in [0.5, 0.6) is 0 Å². The number of carbonyl (C=O) groups excluding carboxylic acids is 1. The van der Waals surface area contributed by atoms with Crippen LogP contribution in [0.15, 0.2) is 16.2 Å². The predicted octanol–water partition coefficient (Wildman–Crippen LogP) is 0.461. The number of aryl methyl sites for hydroxylation is 1. The van der Waals surface area contributed by atoms with Gasteiger partial charge in [-0.1, -0.05) is 0 Å². The van der Waals surface area contributed by atoms with E-state index in [0.29, 0.717) is 35.9 Å². The molecule has 1 N–H and O–H groups in total. The van der Waals surface area contributed by atoms with Crippen molar-refractivity contribution in [2.24, 2.45) is 7.05 Å². The highest BCUT2D eigenvalue weighted by Gasteiger charge is 2.36. The molecule has 3 aromatic rings. The number of carbonyl (C=O) groups is 1. The summed E-state index contributed by atoms with van der Waals surface area (Å²) in [6.45, 7) is 7.11. The van der Waals surface area contributed by atoms with Gasteiger partial charge in [-0.15, -0.1) is 21.5 Å². The molecule has 0 radical (unpaired) electrons. The van der Waals surface area contributed by atoms with Crippen LogP contribution in [0.1, 0.15) is 26.6 Å². The van der Waals surface area contributed by atoms with E-state index in [4.69, 9.17) is 4.74 Å². The Morgan fingerprint density at radius 2 is 2.10 bits per heavy atom. The highest BCUT2D eigenvalue weighted by molar-refractivity contribution is 7.17. The molecule has 0 aliphatic carbocycles. The molecule has 10 nitrogen and oxygen atoms in total. The Kier molecular flexibility index (Phi) is 5.63. The van der Waals surface area contributed by atoms with E-state index in [0.717, 1.165) is 5.52 Å². The van der Waals surface area contributed by atoms with Crippen molar-refractivity contribution in [3.8, 4) is 0 Å². The summed E-state index contributed by atoms with van der Waals surface area (Å²) >= 11 is 1.40. The summed E-state index contributed by atoms with van der Waals surface area (Å²) in [5, 5.41) is 21.0. The number of hydrogen-bond acceptors (Lipinski definition) is 9.